The number of phenols is 1. The maximum atomic E-state index is 13.2. The first-order valence-electron chi connectivity index (χ1n) is 11.3. The molecule has 8 nitrogen and oxygen atoms in total. The van der Waals surface area contributed by atoms with E-state index in [0.717, 1.165) is 19.3 Å². The van der Waals surface area contributed by atoms with Gasteiger partial charge in [-0.3, -0.25) is 9.59 Å². The average Bonchev–Trinajstić information content (AvgIpc) is 2.67. The van der Waals surface area contributed by atoms with E-state index in [2.05, 4.69) is 17.6 Å². The SMILES string of the molecule is CCCCCCN(C(=O)CNC(=O)OC(C)(C)C)C(C(=O)NC(C)C)c1ccccc1O. The molecule has 0 aliphatic rings. The van der Waals surface area contributed by atoms with Crippen LogP contribution in [0.2, 0.25) is 0 Å². The van der Waals surface area contributed by atoms with E-state index in [4.69, 9.17) is 4.74 Å². The molecule has 1 unspecified atom stereocenters. The third kappa shape index (κ3) is 9.58. The highest BCUT2D eigenvalue weighted by Gasteiger charge is 2.33. The van der Waals surface area contributed by atoms with Gasteiger partial charge >= 0.3 is 6.09 Å². The van der Waals surface area contributed by atoms with Crippen molar-refractivity contribution in [1.29, 1.82) is 0 Å². The summed E-state index contributed by atoms with van der Waals surface area (Å²) < 4.78 is 5.21. The number of amides is 3. The van der Waals surface area contributed by atoms with Gasteiger partial charge in [-0.25, -0.2) is 4.79 Å². The molecule has 3 amide bonds. The molecule has 8 heteroatoms. The number of benzene rings is 1. The van der Waals surface area contributed by atoms with E-state index >= 15 is 0 Å². The largest absolute Gasteiger partial charge is 0.508 e. The van der Waals surface area contributed by atoms with E-state index in [1.807, 2.05) is 13.8 Å². The molecule has 0 bridgehead atoms. The second kappa shape index (κ2) is 12.9. The number of aromatic hydroxyl groups is 1. The molecule has 1 atom stereocenters. The van der Waals surface area contributed by atoms with Crippen LogP contribution in [0.1, 0.15) is 78.8 Å². The first-order chi connectivity index (χ1) is 15.0. The number of ether oxygens (including phenoxy) is 1. The second-order valence-corrected chi connectivity index (χ2v) is 9.13. The fraction of sp³-hybridized carbons (Fsp3) is 0.625. The Bertz CT molecular complexity index is 758. The van der Waals surface area contributed by atoms with Crippen LogP contribution < -0.4 is 10.6 Å². The van der Waals surface area contributed by atoms with Gasteiger partial charge in [-0.15, -0.1) is 0 Å². The van der Waals surface area contributed by atoms with Gasteiger partial charge in [0, 0.05) is 18.2 Å². The highest BCUT2D eigenvalue weighted by atomic mass is 16.6. The van der Waals surface area contributed by atoms with Crippen molar-refractivity contribution in [3.05, 3.63) is 29.8 Å². The molecule has 3 N–H and O–H groups in total. The number of phenolic OH excluding ortho intramolecular Hbond substituents is 1. The summed E-state index contributed by atoms with van der Waals surface area (Å²) in [6, 6.07) is 5.33. The van der Waals surface area contributed by atoms with Crippen molar-refractivity contribution in [3.63, 3.8) is 0 Å². The Morgan fingerprint density at radius 3 is 2.31 bits per heavy atom. The van der Waals surface area contributed by atoms with Crippen LogP contribution in [0.5, 0.6) is 5.75 Å². The number of rotatable bonds is 11. The van der Waals surface area contributed by atoms with Gasteiger partial charge < -0.3 is 25.4 Å². The Kier molecular flexibility index (Phi) is 11.0. The van der Waals surface area contributed by atoms with Crippen LogP contribution in [0.25, 0.3) is 0 Å². The minimum atomic E-state index is -1.02. The smallest absolute Gasteiger partial charge is 0.408 e. The molecule has 180 valence electrons. The Balaban J connectivity index is 3.17. The number of nitrogens with one attached hydrogen (secondary N) is 2. The first-order valence-corrected chi connectivity index (χ1v) is 11.3. The zero-order valence-electron chi connectivity index (χ0n) is 20.2. The van der Waals surface area contributed by atoms with Crippen molar-refractivity contribution in [3.8, 4) is 5.75 Å². The summed E-state index contributed by atoms with van der Waals surface area (Å²) in [5, 5.41) is 15.8. The van der Waals surface area contributed by atoms with E-state index in [-0.39, 0.29) is 24.2 Å². The first kappa shape index (κ1) is 27.3. The van der Waals surface area contributed by atoms with Crippen LogP contribution in [0.4, 0.5) is 4.79 Å². The molecule has 0 spiro atoms. The van der Waals surface area contributed by atoms with E-state index in [1.165, 1.54) is 11.0 Å². The summed E-state index contributed by atoms with van der Waals surface area (Å²) in [4.78, 5) is 39.8. The molecule has 0 fully saturated rings. The highest BCUT2D eigenvalue weighted by Crippen LogP contribution is 2.29. The van der Waals surface area contributed by atoms with Gasteiger partial charge in [-0.2, -0.15) is 0 Å². The van der Waals surface area contributed by atoms with Gasteiger partial charge in [0.15, 0.2) is 0 Å². The summed E-state index contributed by atoms with van der Waals surface area (Å²) >= 11 is 0. The maximum Gasteiger partial charge on any atom is 0.408 e. The number of para-hydroxylation sites is 1. The third-order valence-electron chi connectivity index (χ3n) is 4.58. The Morgan fingerprint density at radius 1 is 1.09 bits per heavy atom. The Labute approximate surface area is 191 Å². The zero-order chi connectivity index (χ0) is 24.3. The van der Waals surface area contributed by atoms with Crippen molar-refractivity contribution in [1.82, 2.24) is 15.5 Å². The maximum absolute atomic E-state index is 13.2. The Morgan fingerprint density at radius 2 is 1.75 bits per heavy atom. The quantitative estimate of drug-likeness (QED) is 0.444. The lowest BCUT2D eigenvalue weighted by Crippen LogP contribution is -2.49. The van der Waals surface area contributed by atoms with Crippen LogP contribution >= 0.6 is 0 Å². The van der Waals surface area contributed by atoms with Gasteiger partial charge in [0.25, 0.3) is 0 Å². The van der Waals surface area contributed by atoms with Gasteiger partial charge in [0.05, 0.1) is 0 Å². The molecular formula is C24H39N3O5. The minimum Gasteiger partial charge on any atom is -0.508 e. The van der Waals surface area contributed by atoms with Crippen molar-refractivity contribution in [2.45, 2.75) is 84.9 Å². The molecule has 1 aromatic rings. The summed E-state index contributed by atoms with van der Waals surface area (Å²) in [6.45, 7) is 11.0. The Hall–Kier alpha value is -2.77. The van der Waals surface area contributed by atoms with Crippen LogP contribution in [0, 0.1) is 0 Å². The van der Waals surface area contributed by atoms with Crippen molar-refractivity contribution in [2.24, 2.45) is 0 Å². The monoisotopic (exact) mass is 449 g/mol. The fourth-order valence-electron chi connectivity index (χ4n) is 3.20. The standard InChI is InChI=1S/C24H39N3O5/c1-7-8-9-12-15-27(20(29)16-25-23(31)32-24(4,5)6)21(22(30)26-17(2)3)18-13-10-11-14-19(18)28/h10-11,13-14,17,21,28H,7-9,12,15-16H2,1-6H3,(H,25,31)(H,26,30). The molecule has 0 aromatic heterocycles. The lowest BCUT2D eigenvalue weighted by atomic mass is 10.0. The van der Waals surface area contributed by atoms with E-state index in [0.29, 0.717) is 18.5 Å². The summed E-state index contributed by atoms with van der Waals surface area (Å²) in [5.41, 5.74) is -0.352. The molecule has 0 heterocycles. The van der Waals surface area contributed by atoms with Crippen LogP contribution in [-0.4, -0.2) is 52.6 Å². The molecule has 32 heavy (non-hydrogen) atoms. The molecule has 0 aliphatic heterocycles. The lowest BCUT2D eigenvalue weighted by molar-refractivity contribution is -0.140. The molecule has 0 radical (unpaired) electrons. The molecule has 1 rings (SSSR count). The summed E-state index contributed by atoms with van der Waals surface area (Å²) in [5.74, 6) is -0.884. The number of carbonyl (C=O) groups excluding carboxylic acids is 3. The van der Waals surface area contributed by atoms with Gasteiger partial charge in [-0.1, -0.05) is 44.4 Å². The van der Waals surface area contributed by atoms with Gasteiger partial charge in [-0.05, 0) is 47.1 Å². The average molecular weight is 450 g/mol. The zero-order valence-corrected chi connectivity index (χ0v) is 20.2. The second-order valence-electron chi connectivity index (χ2n) is 9.13. The number of hydrogen-bond donors (Lipinski definition) is 3. The van der Waals surface area contributed by atoms with E-state index < -0.39 is 23.6 Å². The highest BCUT2D eigenvalue weighted by molar-refractivity contribution is 5.91. The topological polar surface area (TPSA) is 108 Å². The number of nitrogens with zero attached hydrogens (tertiary/aromatic N) is 1. The van der Waals surface area contributed by atoms with Crippen molar-refractivity contribution < 1.29 is 24.2 Å². The lowest BCUT2D eigenvalue weighted by Gasteiger charge is -2.32. The van der Waals surface area contributed by atoms with Crippen LogP contribution in [-0.2, 0) is 14.3 Å². The predicted octanol–water partition coefficient (Wildman–Crippen LogP) is 3.89. The number of alkyl carbamates (subject to hydrolysis) is 1. The fourth-order valence-corrected chi connectivity index (χ4v) is 3.20. The predicted molar refractivity (Wildman–Crippen MR) is 124 cm³/mol. The molecular weight excluding hydrogens is 410 g/mol. The summed E-state index contributed by atoms with van der Waals surface area (Å²) in [6.07, 6.45) is 2.94. The molecule has 0 saturated heterocycles. The van der Waals surface area contributed by atoms with E-state index in [1.54, 1.807) is 39.0 Å². The van der Waals surface area contributed by atoms with Gasteiger partial charge in [0.2, 0.25) is 11.8 Å². The molecule has 0 saturated carbocycles. The van der Waals surface area contributed by atoms with Crippen molar-refractivity contribution in [2.75, 3.05) is 13.1 Å². The third-order valence-corrected chi connectivity index (χ3v) is 4.58. The summed E-state index contributed by atoms with van der Waals surface area (Å²) in [7, 11) is 0. The molecule has 0 aliphatic carbocycles. The van der Waals surface area contributed by atoms with Crippen LogP contribution in [0.3, 0.4) is 0 Å². The van der Waals surface area contributed by atoms with Gasteiger partial charge in [0.1, 0.15) is 23.9 Å². The molecule has 1 aromatic carbocycles. The number of hydrogen-bond acceptors (Lipinski definition) is 5. The van der Waals surface area contributed by atoms with E-state index in [9.17, 15) is 19.5 Å². The minimum absolute atomic E-state index is 0.0668. The van der Waals surface area contributed by atoms with Crippen LogP contribution in [0.15, 0.2) is 24.3 Å². The number of unbranched alkanes of at least 4 members (excludes halogenated alkanes) is 3. The van der Waals surface area contributed by atoms with Crippen molar-refractivity contribution >= 4 is 17.9 Å². The number of carbonyl (C=O) groups is 3. The normalized spacial score (nSPS) is 12.2.